The summed E-state index contributed by atoms with van der Waals surface area (Å²) in [6, 6.07) is 7.63. The van der Waals surface area contributed by atoms with E-state index in [1.807, 2.05) is 12.1 Å². The molecule has 0 aliphatic carbocycles. The molecule has 0 saturated carbocycles. The van der Waals surface area contributed by atoms with E-state index in [2.05, 4.69) is 41.2 Å². The largest absolute Gasteiger partial charge is 0.396 e. The van der Waals surface area contributed by atoms with Gasteiger partial charge < -0.3 is 10.4 Å². The molecule has 3 nitrogen and oxygen atoms in total. The van der Waals surface area contributed by atoms with Crippen LogP contribution in [0.3, 0.4) is 0 Å². The minimum atomic E-state index is 0.135. The number of hydrogen-bond acceptors (Lipinski definition) is 3. The van der Waals surface area contributed by atoms with E-state index in [4.69, 9.17) is 10.4 Å². The van der Waals surface area contributed by atoms with Crippen molar-refractivity contribution in [3.63, 3.8) is 0 Å². The van der Waals surface area contributed by atoms with E-state index in [0.29, 0.717) is 5.56 Å². The van der Waals surface area contributed by atoms with Crippen molar-refractivity contribution in [3.8, 4) is 6.07 Å². The van der Waals surface area contributed by atoms with Crippen LogP contribution in [-0.2, 0) is 0 Å². The first kappa shape index (κ1) is 15.0. The van der Waals surface area contributed by atoms with Crippen molar-refractivity contribution in [1.29, 1.82) is 5.26 Å². The lowest BCUT2D eigenvalue weighted by atomic mass is 9.88. The Hall–Kier alpha value is -1.05. The number of rotatable bonds is 6. The highest BCUT2D eigenvalue weighted by Gasteiger charge is 2.17. The van der Waals surface area contributed by atoms with E-state index in [9.17, 15) is 0 Å². The van der Waals surface area contributed by atoms with E-state index in [1.165, 1.54) is 0 Å². The topological polar surface area (TPSA) is 56.0 Å². The zero-order chi connectivity index (χ0) is 13.6. The van der Waals surface area contributed by atoms with Gasteiger partial charge in [0.1, 0.15) is 0 Å². The number of nitrogens with zero attached hydrogens (tertiary/aromatic N) is 1. The molecule has 0 aromatic heterocycles. The van der Waals surface area contributed by atoms with E-state index >= 15 is 0 Å². The minimum Gasteiger partial charge on any atom is -0.396 e. The Morgan fingerprint density at radius 1 is 1.44 bits per heavy atom. The highest BCUT2D eigenvalue weighted by molar-refractivity contribution is 9.10. The maximum absolute atomic E-state index is 8.86. The molecule has 0 spiro atoms. The standard InChI is InChI=1S/C14H19BrN2O/c1-14(2,6-3-7-18)10-17-13-5-4-11(9-16)8-12(13)15/h4-5,8,17-18H,3,6-7,10H2,1-2H3. The van der Waals surface area contributed by atoms with E-state index in [-0.39, 0.29) is 12.0 Å². The molecule has 4 heteroatoms. The van der Waals surface area contributed by atoms with Gasteiger partial charge in [-0.05, 0) is 52.4 Å². The van der Waals surface area contributed by atoms with Crippen LogP contribution in [0.25, 0.3) is 0 Å². The SMILES string of the molecule is CC(C)(CCCO)CNc1ccc(C#N)cc1Br. The number of anilines is 1. The molecular weight excluding hydrogens is 292 g/mol. The summed E-state index contributed by atoms with van der Waals surface area (Å²) in [6.45, 7) is 5.42. The first-order valence-corrected chi connectivity index (χ1v) is 6.82. The van der Waals surface area contributed by atoms with Crippen LogP contribution in [0.4, 0.5) is 5.69 Å². The second-order valence-corrected chi connectivity index (χ2v) is 6.01. The normalized spacial score (nSPS) is 11.1. The maximum atomic E-state index is 8.86. The third-order valence-electron chi connectivity index (χ3n) is 2.87. The van der Waals surface area contributed by atoms with E-state index in [1.54, 1.807) is 6.07 Å². The molecule has 18 heavy (non-hydrogen) atoms. The van der Waals surface area contributed by atoms with Gasteiger partial charge in [0, 0.05) is 23.3 Å². The van der Waals surface area contributed by atoms with Crippen molar-refractivity contribution < 1.29 is 5.11 Å². The maximum Gasteiger partial charge on any atom is 0.0992 e. The van der Waals surface area contributed by atoms with Crippen molar-refractivity contribution in [1.82, 2.24) is 0 Å². The van der Waals surface area contributed by atoms with Crippen LogP contribution >= 0.6 is 15.9 Å². The summed E-state index contributed by atoms with van der Waals surface area (Å²) in [5.41, 5.74) is 1.77. The van der Waals surface area contributed by atoms with Crippen LogP contribution in [0.2, 0.25) is 0 Å². The second kappa shape index (κ2) is 6.77. The summed E-state index contributed by atoms with van der Waals surface area (Å²) in [6.07, 6.45) is 1.80. The minimum absolute atomic E-state index is 0.135. The van der Waals surface area contributed by atoms with E-state index < -0.39 is 0 Å². The molecule has 0 aliphatic heterocycles. The second-order valence-electron chi connectivity index (χ2n) is 5.15. The highest BCUT2D eigenvalue weighted by atomic mass is 79.9. The molecule has 0 atom stereocenters. The fraction of sp³-hybridized carbons (Fsp3) is 0.500. The van der Waals surface area contributed by atoms with Gasteiger partial charge in [-0.2, -0.15) is 5.26 Å². The molecule has 0 saturated heterocycles. The lowest BCUT2D eigenvalue weighted by Gasteiger charge is -2.25. The number of aliphatic hydroxyl groups is 1. The lowest BCUT2D eigenvalue weighted by molar-refractivity contribution is 0.248. The number of benzene rings is 1. The van der Waals surface area contributed by atoms with Crippen molar-refractivity contribution in [2.75, 3.05) is 18.5 Å². The van der Waals surface area contributed by atoms with Gasteiger partial charge in [-0.25, -0.2) is 0 Å². The van der Waals surface area contributed by atoms with Crippen LogP contribution in [0, 0.1) is 16.7 Å². The van der Waals surface area contributed by atoms with Gasteiger partial charge in [0.15, 0.2) is 0 Å². The Labute approximate surface area is 117 Å². The van der Waals surface area contributed by atoms with Gasteiger partial charge in [-0.3, -0.25) is 0 Å². The van der Waals surface area contributed by atoms with Crippen molar-refractivity contribution in [2.45, 2.75) is 26.7 Å². The molecule has 1 rings (SSSR count). The molecule has 0 fully saturated rings. The van der Waals surface area contributed by atoms with Crippen molar-refractivity contribution in [3.05, 3.63) is 28.2 Å². The quantitative estimate of drug-likeness (QED) is 0.845. The van der Waals surface area contributed by atoms with Crippen LogP contribution in [0.15, 0.2) is 22.7 Å². The average molecular weight is 311 g/mol. The highest BCUT2D eigenvalue weighted by Crippen LogP contribution is 2.27. The van der Waals surface area contributed by atoms with Gasteiger partial charge in [0.25, 0.3) is 0 Å². The molecule has 1 aromatic rings. The number of halogens is 1. The van der Waals surface area contributed by atoms with Crippen LogP contribution in [0.1, 0.15) is 32.3 Å². The zero-order valence-corrected chi connectivity index (χ0v) is 12.4. The molecule has 0 bridgehead atoms. The smallest absolute Gasteiger partial charge is 0.0992 e. The van der Waals surface area contributed by atoms with Crippen molar-refractivity contribution in [2.24, 2.45) is 5.41 Å². The first-order chi connectivity index (χ1) is 8.48. The molecule has 0 amide bonds. The third-order valence-corrected chi connectivity index (χ3v) is 3.52. The summed E-state index contributed by atoms with van der Waals surface area (Å²) in [5, 5.41) is 21.0. The summed E-state index contributed by atoms with van der Waals surface area (Å²) < 4.78 is 0.902. The monoisotopic (exact) mass is 310 g/mol. The first-order valence-electron chi connectivity index (χ1n) is 6.03. The van der Waals surface area contributed by atoms with Crippen LogP contribution in [-0.4, -0.2) is 18.3 Å². The third kappa shape index (κ3) is 4.67. The molecule has 0 unspecified atom stereocenters. The summed E-state index contributed by atoms with van der Waals surface area (Å²) >= 11 is 3.45. The van der Waals surface area contributed by atoms with Gasteiger partial charge in [0.2, 0.25) is 0 Å². The Kier molecular flexibility index (Phi) is 5.64. The number of nitriles is 1. The van der Waals surface area contributed by atoms with Crippen molar-refractivity contribution >= 4 is 21.6 Å². The molecule has 0 heterocycles. The predicted octanol–water partition coefficient (Wildman–Crippen LogP) is 3.53. The van der Waals surface area contributed by atoms with Crippen LogP contribution < -0.4 is 5.32 Å². The predicted molar refractivity (Wildman–Crippen MR) is 77.4 cm³/mol. The van der Waals surface area contributed by atoms with Gasteiger partial charge in [-0.1, -0.05) is 13.8 Å². The molecular formula is C14H19BrN2O. The average Bonchev–Trinajstić information content (AvgIpc) is 2.35. The Morgan fingerprint density at radius 2 is 2.17 bits per heavy atom. The molecule has 98 valence electrons. The number of hydrogen-bond donors (Lipinski definition) is 2. The lowest BCUT2D eigenvalue weighted by Crippen LogP contribution is -2.23. The molecule has 1 aromatic carbocycles. The fourth-order valence-electron chi connectivity index (χ4n) is 1.71. The van der Waals surface area contributed by atoms with Crippen LogP contribution in [0.5, 0.6) is 0 Å². The molecule has 2 N–H and O–H groups in total. The summed E-state index contributed by atoms with van der Waals surface area (Å²) in [4.78, 5) is 0. The number of aliphatic hydroxyl groups excluding tert-OH is 1. The fourth-order valence-corrected chi connectivity index (χ4v) is 2.23. The zero-order valence-electron chi connectivity index (χ0n) is 10.8. The number of nitrogens with one attached hydrogen (secondary N) is 1. The van der Waals surface area contributed by atoms with Gasteiger partial charge >= 0.3 is 0 Å². The molecule has 0 aliphatic rings. The van der Waals surface area contributed by atoms with E-state index in [0.717, 1.165) is 29.5 Å². The Morgan fingerprint density at radius 3 is 2.72 bits per heavy atom. The van der Waals surface area contributed by atoms with Gasteiger partial charge in [-0.15, -0.1) is 0 Å². The molecule has 0 radical (unpaired) electrons. The summed E-state index contributed by atoms with van der Waals surface area (Å²) in [7, 11) is 0. The summed E-state index contributed by atoms with van der Waals surface area (Å²) in [5.74, 6) is 0. The van der Waals surface area contributed by atoms with Gasteiger partial charge in [0.05, 0.1) is 11.6 Å². The Bertz CT molecular complexity index is 438. The Balaban J connectivity index is 2.61.